The van der Waals surface area contributed by atoms with Crippen LogP contribution in [0.1, 0.15) is 44.4 Å². The molecule has 1 fully saturated rings. The molecule has 0 bridgehead atoms. The van der Waals surface area contributed by atoms with Gasteiger partial charge in [-0.1, -0.05) is 12.2 Å². The molecule has 6 heteroatoms. The Morgan fingerprint density at radius 2 is 1.93 bits per heavy atom. The second-order valence-corrected chi connectivity index (χ2v) is 8.36. The molecule has 0 spiro atoms. The molecule has 1 aromatic rings. The maximum atomic E-state index is 12.8. The molecule has 2 aliphatic heterocycles. The molecule has 2 aliphatic rings. The van der Waals surface area contributed by atoms with E-state index in [0.717, 1.165) is 23.2 Å². The van der Waals surface area contributed by atoms with Gasteiger partial charge in [-0.2, -0.15) is 0 Å². The number of rotatable bonds is 4. The highest BCUT2D eigenvalue weighted by molar-refractivity contribution is 7.80. The summed E-state index contributed by atoms with van der Waals surface area (Å²) in [6.45, 7) is 15.4. The third-order valence-electron chi connectivity index (χ3n) is 5.48. The lowest BCUT2D eigenvalue weighted by atomic mass is 9.86. The van der Waals surface area contributed by atoms with Gasteiger partial charge in [-0.25, -0.2) is 0 Å². The summed E-state index contributed by atoms with van der Waals surface area (Å²) in [5, 5.41) is 2.70. The molecule has 0 aliphatic carbocycles. The van der Waals surface area contributed by atoms with Crippen LogP contribution in [-0.4, -0.2) is 40.5 Å². The Kier molecular flexibility index (Phi) is 5.50. The fourth-order valence-electron chi connectivity index (χ4n) is 4.12. The maximum absolute atomic E-state index is 12.8. The third-order valence-corrected chi connectivity index (χ3v) is 5.80. The van der Waals surface area contributed by atoms with Crippen LogP contribution in [-0.2, 0) is 9.59 Å². The number of nitrogens with one attached hydrogen (secondary N) is 1. The zero-order valence-corrected chi connectivity index (χ0v) is 18.4. The first-order valence-electron chi connectivity index (χ1n) is 9.72. The van der Waals surface area contributed by atoms with Gasteiger partial charge in [0.25, 0.3) is 11.8 Å². The normalized spacial score (nSPS) is 19.8. The van der Waals surface area contributed by atoms with Crippen LogP contribution in [0.15, 0.2) is 36.4 Å². The number of amides is 2. The van der Waals surface area contributed by atoms with Gasteiger partial charge in [0.2, 0.25) is 0 Å². The molecule has 1 saturated heterocycles. The lowest BCUT2D eigenvalue weighted by Crippen LogP contribution is -2.53. The summed E-state index contributed by atoms with van der Waals surface area (Å²) in [6.07, 6.45) is 5.50. The smallest absolute Gasteiger partial charge is 0.265 e. The van der Waals surface area contributed by atoms with Gasteiger partial charge >= 0.3 is 0 Å². The maximum Gasteiger partial charge on any atom is 0.265 e. The van der Waals surface area contributed by atoms with Gasteiger partial charge in [-0.3, -0.25) is 19.8 Å². The van der Waals surface area contributed by atoms with Gasteiger partial charge in [-0.05, 0) is 81.7 Å². The average molecular weight is 410 g/mol. The quantitative estimate of drug-likeness (QED) is 0.355. The minimum absolute atomic E-state index is 0.0711. The summed E-state index contributed by atoms with van der Waals surface area (Å²) in [6, 6.07) is 4.20. The Labute approximate surface area is 177 Å². The van der Waals surface area contributed by atoms with Crippen molar-refractivity contribution in [2.24, 2.45) is 0 Å². The van der Waals surface area contributed by atoms with Gasteiger partial charge in [0.05, 0.1) is 5.54 Å². The van der Waals surface area contributed by atoms with E-state index in [2.05, 4.69) is 62.7 Å². The molecule has 2 heterocycles. The molecular formula is C23H27N3O2S. The Balaban J connectivity index is 2.10. The molecule has 3 rings (SSSR count). The Bertz CT molecular complexity index is 988. The molecule has 1 N–H and O–H groups in total. The summed E-state index contributed by atoms with van der Waals surface area (Å²) in [7, 11) is 0. The van der Waals surface area contributed by atoms with Crippen LogP contribution in [0, 0.1) is 6.92 Å². The molecule has 2 amide bonds. The zero-order valence-electron chi connectivity index (χ0n) is 17.6. The zero-order chi connectivity index (χ0) is 21.5. The van der Waals surface area contributed by atoms with Crippen molar-refractivity contribution in [3.8, 4) is 0 Å². The molecule has 0 radical (unpaired) electrons. The number of hydrogen-bond acceptors (Lipinski definition) is 4. The fourth-order valence-corrected chi connectivity index (χ4v) is 4.37. The number of benzene rings is 1. The van der Waals surface area contributed by atoms with Gasteiger partial charge in [0.1, 0.15) is 5.57 Å². The molecule has 152 valence electrons. The number of thiocarbonyl (C=S) groups is 1. The van der Waals surface area contributed by atoms with Crippen LogP contribution in [0.2, 0.25) is 0 Å². The number of aryl methyl sites for hydroxylation is 1. The highest BCUT2D eigenvalue weighted by Crippen LogP contribution is 2.40. The standard InChI is InChI=1S/C23H27N3O2S/c1-7-9-25-21(28)18(20(27)24-22(25)29)12-16-11-17-15(4)13-23(5,6)26(8-2)19(17)10-14(16)3/h7,10-13H,1,8-9H2,2-6H3,(H,24,27,29)/b18-12-. The number of anilines is 1. The molecule has 0 aromatic heterocycles. The molecule has 1 aromatic carbocycles. The van der Waals surface area contributed by atoms with E-state index < -0.39 is 11.8 Å². The van der Waals surface area contributed by atoms with Crippen molar-refractivity contribution in [1.29, 1.82) is 0 Å². The van der Waals surface area contributed by atoms with Crippen molar-refractivity contribution in [1.82, 2.24) is 10.2 Å². The van der Waals surface area contributed by atoms with Crippen molar-refractivity contribution < 1.29 is 9.59 Å². The van der Waals surface area contributed by atoms with Crippen LogP contribution in [0.3, 0.4) is 0 Å². The lowest BCUT2D eigenvalue weighted by Gasteiger charge is -2.43. The van der Waals surface area contributed by atoms with Gasteiger partial charge in [0, 0.05) is 24.3 Å². The predicted molar refractivity (Wildman–Crippen MR) is 123 cm³/mol. The van der Waals surface area contributed by atoms with Crippen molar-refractivity contribution in [3.05, 3.63) is 53.1 Å². The van der Waals surface area contributed by atoms with E-state index in [1.54, 1.807) is 12.2 Å². The first kappa shape index (κ1) is 21.0. The summed E-state index contributed by atoms with van der Waals surface area (Å²) in [4.78, 5) is 29.0. The van der Waals surface area contributed by atoms with Gasteiger partial charge in [-0.15, -0.1) is 6.58 Å². The molecular weight excluding hydrogens is 382 g/mol. The van der Waals surface area contributed by atoms with Crippen molar-refractivity contribution >= 4 is 46.5 Å². The number of likely N-dealkylation sites (N-methyl/N-ethyl adjacent to an activating group) is 1. The lowest BCUT2D eigenvalue weighted by molar-refractivity contribution is -0.128. The number of carbonyl (C=O) groups is 2. The number of carbonyl (C=O) groups excluding carboxylic acids is 2. The molecule has 0 unspecified atom stereocenters. The SMILES string of the molecule is C=CCN1C(=O)/C(=C\c2cc3c(cc2C)N(CC)C(C)(C)C=C3C)C(=O)NC1=S. The number of fused-ring (bicyclic) bond motifs is 1. The third kappa shape index (κ3) is 3.65. The Hall–Kier alpha value is -2.73. The van der Waals surface area contributed by atoms with E-state index in [1.165, 1.54) is 16.2 Å². The topological polar surface area (TPSA) is 52.7 Å². The Morgan fingerprint density at radius 1 is 1.24 bits per heavy atom. The van der Waals surface area contributed by atoms with E-state index in [1.807, 2.05) is 6.92 Å². The molecule has 29 heavy (non-hydrogen) atoms. The van der Waals surface area contributed by atoms with Crippen molar-refractivity contribution in [2.45, 2.75) is 40.2 Å². The van der Waals surface area contributed by atoms with Crippen molar-refractivity contribution in [2.75, 3.05) is 18.0 Å². The number of allylic oxidation sites excluding steroid dienone is 1. The van der Waals surface area contributed by atoms with Crippen LogP contribution in [0.25, 0.3) is 11.6 Å². The Morgan fingerprint density at radius 3 is 2.55 bits per heavy atom. The van der Waals surface area contributed by atoms with Crippen LogP contribution >= 0.6 is 12.2 Å². The predicted octanol–water partition coefficient (Wildman–Crippen LogP) is 3.83. The fraction of sp³-hybridized carbons (Fsp3) is 0.348. The number of nitrogens with zero attached hydrogens (tertiary/aromatic N) is 2. The average Bonchev–Trinajstić information content (AvgIpc) is 2.62. The highest BCUT2D eigenvalue weighted by atomic mass is 32.1. The summed E-state index contributed by atoms with van der Waals surface area (Å²) in [5.41, 5.74) is 5.33. The monoisotopic (exact) mass is 409 g/mol. The molecule has 0 atom stereocenters. The van der Waals surface area contributed by atoms with E-state index in [9.17, 15) is 9.59 Å². The largest absolute Gasteiger partial charge is 0.363 e. The number of hydrogen-bond donors (Lipinski definition) is 1. The molecule has 5 nitrogen and oxygen atoms in total. The summed E-state index contributed by atoms with van der Waals surface area (Å²) >= 11 is 5.12. The van der Waals surface area contributed by atoms with E-state index in [0.29, 0.717) is 0 Å². The van der Waals surface area contributed by atoms with E-state index in [4.69, 9.17) is 12.2 Å². The molecule has 0 saturated carbocycles. The first-order chi connectivity index (χ1) is 13.6. The van der Waals surface area contributed by atoms with Crippen LogP contribution < -0.4 is 10.2 Å². The second-order valence-electron chi connectivity index (χ2n) is 7.97. The van der Waals surface area contributed by atoms with Crippen molar-refractivity contribution in [3.63, 3.8) is 0 Å². The van der Waals surface area contributed by atoms with E-state index >= 15 is 0 Å². The second kappa shape index (κ2) is 7.59. The van der Waals surface area contributed by atoms with Gasteiger partial charge in [0.15, 0.2) is 5.11 Å². The highest BCUT2D eigenvalue weighted by Gasteiger charge is 2.34. The summed E-state index contributed by atoms with van der Waals surface area (Å²) in [5.74, 6) is -0.875. The minimum Gasteiger partial charge on any atom is -0.363 e. The minimum atomic E-state index is -0.471. The van der Waals surface area contributed by atoms with Crippen LogP contribution in [0.4, 0.5) is 5.69 Å². The van der Waals surface area contributed by atoms with Crippen LogP contribution in [0.5, 0.6) is 0 Å². The van der Waals surface area contributed by atoms with Gasteiger partial charge < -0.3 is 4.90 Å². The summed E-state index contributed by atoms with van der Waals surface area (Å²) < 4.78 is 0. The first-order valence-corrected chi connectivity index (χ1v) is 10.1. The van der Waals surface area contributed by atoms with E-state index in [-0.39, 0.29) is 22.8 Å².